The quantitative estimate of drug-likeness (QED) is 0.550. The Balaban J connectivity index is 1.47. The molecule has 0 spiro atoms. The first-order valence-corrected chi connectivity index (χ1v) is 10.9. The molecule has 0 unspecified atom stereocenters. The summed E-state index contributed by atoms with van der Waals surface area (Å²) in [6.07, 6.45) is 5.46. The second-order valence-electron chi connectivity index (χ2n) is 7.99. The number of carbonyl (C=O) groups excluding carboxylic acids is 2. The molecule has 1 N–H and O–H groups in total. The maximum absolute atomic E-state index is 13.2. The van der Waals surface area contributed by atoms with Crippen LogP contribution in [0.5, 0.6) is 0 Å². The number of rotatable bonds is 6. The molecule has 0 saturated carbocycles. The van der Waals surface area contributed by atoms with Gasteiger partial charge in [0.05, 0.1) is 11.9 Å². The molecule has 164 valence electrons. The van der Waals surface area contributed by atoms with E-state index < -0.39 is 0 Å². The van der Waals surface area contributed by atoms with Gasteiger partial charge in [0.15, 0.2) is 5.78 Å². The van der Waals surface area contributed by atoms with Crippen molar-refractivity contribution < 1.29 is 14.0 Å². The largest absolute Gasteiger partial charge is 0.371 e. The summed E-state index contributed by atoms with van der Waals surface area (Å²) in [5, 5.41) is 2.92. The van der Waals surface area contributed by atoms with Crippen molar-refractivity contribution in [2.24, 2.45) is 5.92 Å². The van der Waals surface area contributed by atoms with Crippen molar-refractivity contribution in [2.45, 2.75) is 26.2 Å². The van der Waals surface area contributed by atoms with Gasteiger partial charge in [0.1, 0.15) is 5.82 Å². The molecule has 4 rings (SSSR count). The molecule has 0 radical (unpaired) electrons. The molecule has 1 aliphatic heterocycles. The van der Waals surface area contributed by atoms with E-state index in [0.29, 0.717) is 16.8 Å². The number of Topliss-reactive ketones (excluding diaryl/α,β-unsaturated/α-hetero) is 1. The van der Waals surface area contributed by atoms with E-state index in [0.717, 1.165) is 43.6 Å². The summed E-state index contributed by atoms with van der Waals surface area (Å²) in [7, 11) is 0. The minimum Gasteiger partial charge on any atom is -0.371 e. The number of aromatic nitrogens is 1. The van der Waals surface area contributed by atoms with Crippen LogP contribution < -0.4 is 10.2 Å². The monoisotopic (exact) mass is 431 g/mol. The number of hydrogen-bond acceptors (Lipinski definition) is 4. The van der Waals surface area contributed by atoms with Crippen molar-refractivity contribution >= 4 is 23.1 Å². The summed E-state index contributed by atoms with van der Waals surface area (Å²) >= 11 is 0. The van der Waals surface area contributed by atoms with Gasteiger partial charge >= 0.3 is 0 Å². The molecule has 1 aliphatic rings. The predicted octanol–water partition coefficient (Wildman–Crippen LogP) is 5.13. The van der Waals surface area contributed by atoms with Crippen molar-refractivity contribution in [1.82, 2.24) is 4.98 Å². The van der Waals surface area contributed by atoms with Crippen LogP contribution in [-0.2, 0) is 6.42 Å². The minimum atomic E-state index is -0.337. The number of halogens is 1. The standard InChI is InChI=1S/C26H26FN3O2/c1-2-22-23(26(32)29-21-5-4-14-28-17-21)6-3-7-24(22)30-15-12-19(13-16-30)25(31)18-8-10-20(27)11-9-18/h3-11,14,17,19H,2,12-13,15-16H2,1H3,(H,29,32). The Morgan fingerprint density at radius 1 is 1.06 bits per heavy atom. The first-order valence-electron chi connectivity index (χ1n) is 10.9. The lowest BCUT2D eigenvalue weighted by molar-refractivity contribution is 0.0900. The molecule has 3 aromatic rings. The summed E-state index contributed by atoms with van der Waals surface area (Å²) in [4.78, 5) is 32.0. The van der Waals surface area contributed by atoms with Gasteiger partial charge in [-0.3, -0.25) is 14.6 Å². The van der Waals surface area contributed by atoms with Crippen molar-refractivity contribution in [3.05, 3.63) is 89.5 Å². The van der Waals surface area contributed by atoms with Crippen LogP contribution in [-0.4, -0.2) is 29.8 Å². The van der Waals surface area contributed by atoms with Crippen LogP contribution in [0.1, 0.15) is 46.0 Å². The Labute approximate surface area is 187 Å². The second kappa shape index (κ2) is 9.73. The van der Waals surface area contributed by atoms with Crippen molar-refractivity contribution in [1.29, 1.82) is 0 Å². The van der Waals surface area contributed by atoms with Crippen LogP contribution in [0.2, 0.25) is 0 Å². The van der Waals surface area contributed by atoms with Gasteiger partial charge < -0.3 is 10.2 Å². The Kier molecular flexibility index (Phi) is 6.59. The normalized spacial score (nSPS) is 14.2. The molecule has 6 heteroatoms. The molecule has 0 atom stereocenters. The Bertz CT molecular complexity index is 1090. The average Bonchev–Trinajstić information content (AvgIpc) is 2.84. The zero-order chi connectivity index (χ0) is 22.5. The SMILES string of the molecule is CCc1c(C(=O)Nc2cccnc2)cccc1N1CCC(C(=O)c2ccc(F)cc2)CC1. The van der Waals surface area contributed by atoms with Crippen LogP contribution in [0.4, 0.5) is 15.8 Å². The van der Waals surface area contributed by atoms with Crippen molar-refractivity contribution in [3.8, 4) is 0 Å². The fourth-order valence-corrected chi connectivity index (χ4v) is 4.32. The number of nitrogens with one attached hydrogen (secondary N) is 1. The molecule has 32 heavy (non-hydrogen) atoms. The van der Waals surface area contributed by atoms with E-state index in [-0.39, 0.29) is 23.4 Å². The van der Waals surface area contributed by atoms with Crippen LogP contribution in [0.15, 0.2) is 67.0 Å². The first kappa shape index (κ1) is 21.7. The summed E-state index contributed by atoms with van der Waals surface area (Å²) in [5.74, 6) is -0.488. The van der Waals surface area contributed by atoms with E-state index in [9.17, 15) is 14.0 Å². The van der Waals surface area contributed by atoms with Crippen LogP contribution in [0.25, 0.3) is 0 Å². The predicted molar refractivity (Wildman–Crippen MR) is 124 cm³/mol. The van der Waals surface area contributed by atoms with Gasteiger partial charge in [0.2, 0.25) is 0 Å². The van der Waals surface area contributed by atoms with Gasteiger partial charge in [-0.1, -0.05) is 13.0 Å². The van der Waals surface area contributed by atoms with Gasteiger partial charge in [0.25, 0.3) is 5.91 Å². The molecule has 5 nitrogen and oxygen atoms in total. The molecule has 1 amide bonds. The average molecular weight is 432 g/mol. The highest BCUT2D eigenvalue weighted by atomic mass is 19.1. The van der Waals surface area contributed by atoms with Crippen molar-refractivity contribution in [3.63, 3.8) is 0 Å². The zero-order valence-electron chi connectivity index (χ0n) is 18.1. The highest BCUT2D eigenvalue weighted by Crippen LogP contribution is 2.30. The van der Waals surface area contributed by atoms with E-state index in [2.05, 4.69) is 15.2 Å². The van der Waals surface area contributed by atoms with Crippen LogP contribution in [0.3, 0.4) is 0 Å². The molecule has 1 saturated heterocycles. The number of carbonyl (C=O) groups is 2. The highest BCUT2D eigenvalue weighted by molar-refractivity contribution is 6.06. The van der Waals surface area contributed by atoms with E-state index in [1.807, 2.05) is 31.2 Å². The molecule has 2 aromatic carbocycles. The number of pyridine rings is 1. The number of hydrogen-bond donors (Lipinski definition) is 1. The van der Waals surface area contributed by atoms with Crippen LogP contribution >= 0.6 is 0 Å². The van der Waals surface area contributed by atoms with E-state index in [1.54, 1.807) is 30.6 Å². The lowest BCUT2D eigenvalue weighted by Gasteiger charge is -2.34. The Hall–Kier alpha value is -3.54. The second-order valence-corrected chi connectivity index (χ2v) is 7.99. The number of amides is 1. The van der Waals surface area contributed by atoms with Gasteiger partial charge in [0, 0.05) is 42.0 Å². The molecular weight excluding hydrogens is 405 g/mol. The first-order chi connectivity index (χ1) is 15.6. The number of anilines is 2. The fourth-order valence-electron chi connectivity index (χ4n) is 4.32. The third-order valence-corrected chi connectivity index (χ3v) is 6.00. The lowest BCUT2D eigenvalue weighted by atomic mass is 9.88. The van der Waals surface area contributed by atoms with E-state index in [1.165, 1.54) is 12.1 Å². The fraction of sp³-hybridized carbons (Fsp3) is 0.269. The number of benzene rings is 2. The number of piperidine rings is 1. The Morgan fingerprint density at radius 3 is 2.47 bits per heavy atom. The van der Waals surface area contributed by atoms with Gasteiger partial charge in [-0.15, -0.1) is 0 Å². The summed E-state index contributed by atoms with van der Waals surface area (Å²) in [6.45, 7) is 3.51. The van der Waals surface area contributed by atoms with Crippen molar-refractivity contribution in [2.75, 3.05) is 23.3 Å². The van der Waals surface area contributed by atoms with E-state index >= 15 is 0 Å². The topological polar surface area (TPSA) is 62.3 Å². The minimum absolute atomic E-state index is 0.0705. The maximum atomic E-state index is 13.2. The molecule has 0 aliphatic carbocycles. The lowest BCUT2D eigenvalue weighted by Crippen LogP contribution is -2.37. The van der Waals surface area contributed by atoms with Gasteiger partial charge in [-0.2, -0.15) is 0 Å². The summed E-state index contributed by atoms with van der Waals surface area (Å²) in [6, 6.07) is 15.2. The molecule has 0 bridgehead atoms. The molecule has 1 fully saturated rings. The maximum Gasteiger partial charge on any atom is 0.256 e. The van der Waals surface area contributed by atoms with Gasteiger partial charge in [-0.05, 0) is 73.4 Å². The molecule has 1 aromatic heterocycles. The number of ketones is 1. The molecular formula is C26H26FN3O2. The smallest absolute Gasteiger partial charge is 0.256 e. The summed E-state index contributed by atoms with van der Waals surface area (Å²) in [5.41, 5.74) is 3.91. The third kappa shape index (κ3) is 4.69. The van der Waals surface area contributed by atoms with Crippen LogP contribution in [0, 0.1) is 11.7 Å². The third-order valence-electron chi connectivity index (χ3n) is 6.00. The van der Waals surface area contributed by atoms with E-state index in [4.69, 9.17) is 0 Å². The Morgan fingerprint density at radius 2 is 1.81 bits per heavy atom. The summed E-state index contributed by atoms with van der Waals surface area (Å²) < 4.78 is 13.2. The zero-order valence-corrected chi connectivity index (χ0v) is 18.1. The van der Waals surface area contributed by atoms with Gasteiger partial charge in [-0.25, -0.2) is 4.39 Å². The molecule has 2 heterocycles. The number of nitrogens with zero attached hydrogens (tertiary/aromatic N) is 2. The highest BCUT2D eigenvalue weighted by Gasteiger charge is 2.27.